The highest BCUT2D eigenvalue weighted by Gasteiger charge is 2.07. The lowest BCUT2D eigenvalue weighted by Crippen LogP contribution is -2.25. The Hall–Kier alpha value is -2.55. The molecule has 0 aliphatic heterocycles. The third-order valence-corrected chi connectivity index (χ3v) is 3.58. The van der Waals surface area contributed by atoms with E-state index in [1.165, 1.54) is 0 Å². The second-order valence-electron chi connectivity index (χ2n) is 4.78. The van der Waals surface area contributed by atoms with E-state index in [4.69, 9.17) is 33.2 Å². The highest BCUT2D eigenvalue weighted by atomic mass is 35.5. The fourth-order valence-corrected chi connectivity index (χ4v) is 2.21. The highest BCUT2D eigenvalue weighted by Crippen LogP contribution is 2.21. The molecule has 0 fully saturated rings. The largest absolute Gasteiger partial charge is 0.484 e. The van der Waals surface area contributed by atoms with E-state index >= 15 is 0 Å². The number of carbonyl (C=O) groups is 1. The number of hydrazone groups is 1. The first-order chi connectivity index (χ1) is 11.5. The maximum Gasteiger partial charge on any atom is 0.277 e. The van der Waals surface area contributed by atoms with Crippen molar-refractivity contribution in [2.24, 2.45) is 5.10 Å². The van der Waals surface area contributed by atoms with Crippen LogP contribution in [-0.2, 0) is 4.79 Å². The summed E-state index contributed by atoms with van der Waals surface area (Å²) in [5.74, 6) is 0.0691. The van der Waals surface area contributed by atoms with Gasteiger partial charge in [0, 0.05) is 15.6 Å². The van der Waals surface area contributed by atoms with Crippen molar-refractivity contribution in [1.82, 2.24) is 5.43 Å². The van der Waals surface area contributed by atoms with Crippen LogP contribution in [0.1, 0.15) is 18.1 Å². The Morgan fingerprint density at radius 3 is 2.62 bits per heavy atom. The van der Waals surface area contributed by atoms with Gasteiger partial charge in [0.1, 0.15) is 5.75 Å². The third-order valence-electron chi connectivity index (χ3n) is 3.02. The van der Waals surface area contributed by atoms with Gasteiger partial charge in [-0.3, -0.25) is 4.79 Å². The van der Waals surface area contributed by atoms with E-state index in [9.17, 15) is 4.79 Å². The van der Waals surface area contributed by atoms with Crippen LogP contribution in [0.5, 0.6) is 5.75 Å². The minimum atomic E-state index is -0.420. The number of nitrogens with zero attached hydrogens (tertiary/aromatic N) is 2. The van der Waals surface area contributed by atoms with Crippen LogP contribution in [0.2, 0.25) is 10.0 Å². The Balaban J connectivity index is 1.92. The molecular weight excluding hydrogens is 349 g/mol. The first-order valence-electron chi connectivity index (χ1n) is 6.91. The summed E-state index contributed by atoms with van der Waals surface area (Å²) in [4.78, 5) is 11.8. The summed E-state index contributed by atoms with van der Waals surface area (Å²) in [6.07, 6.45) is 0. The van der Waals surface area contributed by atoms with Gasteiger partial charge < -0.3 is 4.74 Å². The molecule has 7 heteroatoms. The zero-order valence-electron chi connectivity index (χ0n) is 12.7. The zero-order valence-corrected chi connectivity index (χ0v) is 14.2. The Kier molecular flexibility index (Phi) is 6.19. The van der Waals surface area contributed by atoms with Crippen molar-refractivity contribution in [2.45, 2.75) is 6.92 Å². The standard InChI is InChI=1S/C17H13Cl2N3O2/c1-11(15-8-13(18)4-7-16(15)19)21-22-17(23)10-24-14-5-2-12(9-20)3-6-14/h2-8H,10H2,1H3,(H,22,23)/b21-11-. The molecule has 0 atom stereocenters. The van der Waals surface area contributed by atoms with Gasteiger partial charge in [-0.05, 0) is 49.4 Å². The molecule has 2 aromatic carbocycles. The van der Waals surface area contributed by atoms with Crippen LogP contribution >= 0.6 is 23.2 Å². The van der Waals surface area contributed by atoms with Crippen LogP contribution in [0.25, 0.3) is 0 Å². The van der Waals surface area contributed by atoms with Gasteiger partial charge in [0.25, 0.3) is 5.91 Å². The van der Waals surface area contributed by atoms with Gasteiger partial charge in [-0.25, -0.2) is 5.43 Å². The van der Waals surface area contributed by atoms with Crippen molar-refractivity contribution >= 4 is 34.8 Å². The third kappa shape index (κ3) is 4.98. The average molecular weight is 362 g/mol. The summed E-state index contributed by atoms with van der Waals surface area (Å²) in [5, 5.41) is 13.7. The minimum absolute atomic E-state index is 0.202. The molecule has 0 heterocycles. The SMILES string of the molecule is C/C(=N/NC(=O)COc1ccc(C#N)cc1)c1cc(Cl)ccc1Cl. The molecule has 0 aliphatic rings. The number of nitriles is 1. The molecule has 0 aliphatic carbocycles. The van der Waals surface area contributed by atoms with Gasteiger partial charge in [-0.2, -0.15) is 10.4 Å². The zero-order chi connectivity index (χ0) is 17.5. The van der Waals surface area contributed by atoms with Crippen LogP contribution < -0.4 is 10.2 Å². The van der Waals surface area contributed by atoms with E-state index in [1.54, 1.807) is 49.4 Å². The smallest absolute Gasteiger partial charge is 0.277 e. The van der Waals surface area contributed by atoms with E-state index in [0.717, 1.165) is 0 Å². The molecule has 0 aromatic heterocycles. The van der Waals surface area contributed by atoms with Crippen LogP contribution in [0.4, 0.5) is 0 Å². The molecule has 2 aromatic rings. The number of hydrogen-bond donors (Lipinski definition) is 1. The molecule has 0 radical (unpaired) electrons. The Morgan fingerprint density at radius 2 is 1.96 bits per heavy atom. The Labute approximate surface area is 149 Å². The van der Waals surface area contributed by atoms with Gasteiger partial charge in [0.05, 0.1) is 17.3 Å². The average Bonchev–Trinajstić information content (AvgIpc) is 2.60. The summed E-state index contributed by atoms with van der Waals surface area (Å²) < 4.78 is 5.31. The van der Waals surface area contributed by atoms with Gasteiger partial charge in [0.2, 0.25) is 0 Å². The van der Waals surface area contributed by atoms with Crippen LogP contribution in [-0.4, -0.2) is 18.2 Å². The lowest BCUT2D eigenvalue weighted by atomic mass is 10.1. The molecule has 5 nitrogen and oxygen atoms in total. The lowest BCUT2D eigenvalue weighted by Gasteiger charge is -2.07. The number of carbonyl (C=O) groups excluding carboxylic acids is 1. The number of rotatable bonds is 5. The van der Waals surface area contributed by atoms with Crippen molar-refractivity contribution in [3.8, 4) is 11.8 Å². The van der Waals surface area contributed by atoms with Crippen molar-refractivity contribution in [3.05, 3.63) is 63.6 Å². The molecule has 0 spiro atoms. The Bertz CT molecular complexity index is 812. The van der Waals surface area contributed by atoms with E-state index in [1.807, 2.05) is 6.07 Å². The molecule has 1 amide bonds. The lowest BCUT2D eigenvalue weighted by molar-refractivity contribution is -0.123. The fourth-order valence-electron chi connectivity index (χ4n) is 1.79. The summed E-state index contributed by atoms with van der Waals surface area (Å²) in [5.41, 5.74) is 4.07. The fraction of sp³-hybridized carbons (Fsp3) is 0.118. The van der Waals surface area contributed by atoms with E-state index in [2.05, 4.69) is 10.5 Å². The number of hydrogen-bond acceptors (Lipinski definition) is 4. The summed E-state index contributed by atoms with van der Waals surface area (Å²) in [7, 11) is 0. The molecule has 2 rings (SSSR count). The minimum Gasteiger partial charge on any atom is -0.484 e. The van der Waals surface area contributed by atoms with Crippen LogP contribution in [0, 0.1) is 11.3 Å². The monoisotopic (exact) mass is 361 g/mol. The van der Waals surface area contributed by atoms with Gasteiger partial charge >= 0.3 is 0 Å². The van der Waals surface area contributed by atoms with Crippen molar-refractivity contribution in [2.75, 3.05) is 6.61 Å². The molecule has 1 N–H and O–H groups in total. The molecule has 0 unspecified atom stereocenters. The second-order valence-corrected chi connectivity index (χ2v) is 5.62. The number of halogens is 2. The molecule has 24 heavy (non-hydrogen) atoms. The first kappa shape index (κ1) is 17.8. The quantitative estimate of drug-likeness (QED) is 0.650. The van der Waals surface area contributed by atoms with E-state index < -0.39 is 5.91 Å². The number of nitrogens with one attached hydrogen (secondary N) is 1. The van der Waals surface area contributed by atoms with Crippen molar-refractivity contribution in [3.63, 3.8) is 0 Å². The summed E-state index contributed by atoms with van der Waals surface area (Å²) >= 11 is 12.0. The highest BCUT2D eigenvalue weighted by molar-refractivity contribution is 6.36. The van der Waals surface area contributed by atoms with Gasteiger partial charge in [-0.1, -0.05) is 23.2 Å². The predicted molar refractivity (Wildman–Crippen MR) is 93.5 cm³/mol. The van der Waals surface area contributed by atoms with E-state index in [0.29, 0.717) is 32.6 Å². The summed E-state index contributed by atoms with van der Waals surface area (Å²) in [6.45, 7) is 1.51. The van der Waals surface area contributed by atoms with Crippen LogP contribution in [0.15, 0.2) is 47.6 Å². The number of benzene rings is 2. The maximum absolute atomic E-state index is 11.8. The molecule has 0 saturated carbocycles. The second kappa shape index (κ2) is 8.34. The molecule has 122 valence electrons. The van der Waals surface area contributed by atoms with Crippen molar-refractivity contribution in [1.29, 1.82) is 5.26 Å². The summed E-state index contributed by atoms with van der Waals surface area (Å²) in [6, 6.07) is 13.5. The normalized spacial score (nSPS) is 10.8. The van der Waals surface area contributed by atoms with Gasteiger partial charge in [-0.15, -0.1) is 0 Å². The number of amides is 1. The van der Waals surface area contributed by atoms with Crippen molar-refractivity contribution < 1.29 is 9.53 Å². The first-order valence-corrected chi connectivity index (χ1v) is 7.66. The van der Waals surface area contributed by atoms with Gasteiger partial charge in [0.15, 0.2) is 6.61 Å². The van der Waals surface area contributed by atoms with E-state index in [-0.39, 0.29) is 6.61 Å². The molecule has 0 bridgehead atoms. The topological polar surface area (TPSA) is 74.5 Å². The predicted octanol–water partition coefficient (Wildman–Crippen LogP) is 3.78. The number of ether oxygens (including phenoxy) is 1. The maximum atomic E-state index is 11.8. The van der Waals surface area contributed by atoms with Crippen LogP contribution in [0.3, 0.4) is 0 Å². The Morgan fingerprint density at radius 1 is 1.25 bits per heavy atom. The molecular formula is C17H13Cl2N3O2. The molecule has 0 saturated heterocycles.